The second kappa shape index (κ2) is 18.9. The molecule has 0 aliphatic rings. The zero-order valence-corrected chi connectivity index (χ0v) is 14.2. The second-order valence-electron chi connectivity index (χ2n) is 5.30. The Morgan fingerprint density at radius 3 is 1.33 bits per heavy atom. The normalized spacial score (nSPS) is 9.62. The molecule has 0 bridgehead atoms. The molecule has 3 heteroatoms. The van der Waals surface area contributed by atoms with Crippen LogP contribution in [0.2, 0.25) is 0 Å². The first-order chi connectivity index (χ1) is 10.2. The standard InChI is InChI=1S/C16H31NO2.C2H4/c1-3-5-7-9-11-13-15(18)17-16(19)14-12-10-8-6-4-2;1-2/h3-14H2,1-2H3,(H,17,18,19);1-2H2. The molecule has 0 aromatic carbocycles. The Labute approximate surface area is 131 Å². The van der Waals surface area contributed by atoms with Crippen molar-refractivity contribution in [1.29, 1.82) is 0 Å². The largest absolute Gasteiger partial charge is 0.296 e. The molecule has 0 fully saturated rings. The number of hydrogen-bond donors (Lipinski definition) is 1. The van der Waals surface area contributed by atoms with Gasteiger partial charge in [0.15, 0.2) is 0 Å². The van der Waals surface area contributed by atoms with Gasteiger partial charge in [0, 0.05) is 12.8 Å². The summed E-state index contributed by atoms with van der Waals surface area (Å²) < 4.78 is 0. The zero-order valence-electron chi connectivity index (χ0n) is 14.2. The third kappa shape index (κ3) is 18.9. The van der Waals surface area contributed by atoms with E-state index in [1.165, 1.54) is 38.5 Å². The van der Waals surface area contributed by atoms with Gasteiger partial charge in [-0.2, -0.15) is 0 Å². The Balaban J connectivity index is 0. The number of unbranched alkanes of at least 4 members (excludes halogenated alkanes) is 8. The maximum Gasteiger partial charge on any atom is 0.226 e. The Hall–Kier alpha value is -1.12. The van der Waals surface area contributed by atoms with Crippen LogP contribution in [-0.2, 0) is 9.59 Å². The summed E-state index contributed by atoms with van der Waals surface area (Å²) in [7, 11) is 0. The SMILES string of the molecule is C=C.CCCCCCCC(=O)NC(=O)CCCCCCC. The minimum Gasteiger partial charge on any atom is -0.296 e. The summed E-state index contributed by atoms with van der Waals surface area (Å²) in [4.78, 5) is 23.0. The summed E-state index contributed by atoms with van der Waals surface area (Å²) in [5.74, 6) is -0.204. The summed E-state index contributed by atoms with van der Waals surface area (Å²) >= 11 is 0. The number of carbonyl (C=O) groups is 2. The predicted octanol–water partition coefficient (Wildman–Crippen LogP) is 5.15. The van der Waals surface area contributed by atoms with E-state index in [4.69, 9.17) is 0 Å². The third-order valence-electron chi connectivity index (χ3n) is 3.29. The van der Waals surface area contributed by atoms with Crippen LogP contribution >= 0.6 is 0 Å². The maximum absolute atomic E-state index is 11.5. The lowest BCUT2D eigenvalue weighted by atomic mass is 10.1. The number of hydrogen-bond acceptors (Lipinski definition) is 2. The van der Waals surface area contributed by atoms with Gasteiger partial charge >= 0.3 is 0 Å². The Morgan fingerprint density at radius 1 is 0.667 bits per heavy atom. The number of nitrogens with one attached hydrogen (secondary N) is 1. The molecule has 1 N–H and O–H groups in total. The molecule has 21 heavy (non-hydrogen) atoms. The summed E-state index contributed by atoms with van der Waals surface area (Å²) in [5, 5.41) is 2.48. The molecule has 0 aromatic heterocycles. The number of amides is 2. The highest BCUT2D eigenvalue weighted by Gasteiger charge is 2.06. The smallest absolute Gasteiger partial charge is 0.226 e. The molecule has 2 amide bonds. The van der Waals surface area contributed by atoms with E-state index in [-0.39, 0.29) is 11.8 Å². The van der Waals surface area contributed by atoms with Crippen molar-refractivity contribution in [1.82, 2.24) is 5.32 Å². The molecular formula is C18H35NO2. The van der Waals surface area contributed by atoms with E-state index in [2.05, 4.69) is 32.3 Å². The van der Waals surface area contributed by atoms with Crippen LogP contribution in [0.3, 0.4) is 0 Å². The van der Waals surface area contributed by atoms with Gasteiger partial charge in [0.05, 0.1) is 0 Å². The van der Waals surface area contributed by atoms with Crippen LogP contribution in [0.4, 0.5) is 0 Å². The molecule has 0 aliphatic carbocycles. The molecule has 3 nitrogen and oxygen atoms in total. The summed E-state index contributed by atoms with van der Waals surface area (Å²) in [6.07, 6.45) is 12.2. The van der Waals surface area contributed by atoms with E-state index in [0.29, 0.717) is 12.8 Å². The van der Waals surface area contributed by atoms with Gasteiger partial charge in [0.25, 0.3) is 0 Å². The van der Waals surface area contributed by atoms with Crippen molar-refractivity contribution in [2.45, 2.75) is 90.9 Å². The summed E-state index contributed by atoms with van der Waals surface area (Å²) in [6, 6.07) is 0. The molecule has 0 aliphatic heterocycles. The minimum atomic E-state index is -0.102. The Morgan fingerprint density at radius 2 is 1.00 bits per heavy atom. The lowest BCUT2D eigenvalue weighted by molar-refractivity contribution is -0.130. The Kier molecular flexibility index (Phi) is 19.9. The van der Waals surface area contributed by atoms with Gasteiger partial charge in [-0.3, -0.25) is 14.9 Å². The monoisotopic (exact) mass is 297 g/mol. The molecule has 124 valence electrons. The van der Waals surface area contributed by atoms with Crippen LogP contribution < -0.4 is 5.32 Å². The van der Waals surface area contributed by atoms with Gasteiger partial charge in [0.1, 0.15) is 0 Å². The van der Waals surface area contributed by atoms with E-state index in [9.17, 15) is 9.59 Å². The average molecular weight is 297 g/mol. The van der Waals surface area contributed by atoms with Crippen molar-refractivity contribution in [2.24, 2.45) is 0 Å². The van der Waals surface area contributed by atoms with Crippen molar-refractivity contribution in [3.63, 3.8) is 0 Å². The van der Waals surface area contributed by atoms with Crippen LogP contribution in [0.5, 0.6) is 0 Å². The summed E-state index contributed by atoms with van der Waals surface area (Å²) in [6.45, 7) is 10.3. The van der Waals surface area contributed by atoms with Crippen LogP contribution in [0.1, 0.15) is 90.9 Å². The third-order valence-corrected chi connectivity index (χ3v) is 3.29. The van der Waals surface area contributed by atoms with Gasteiger partial charge < -0.3 is 0 Å². The molecule has 0 unspecified atom stereocenters. The highest BCUT2D eigenvalue weighted by Crippen LogP contribution is 2.06. The highest BCUT2D eigenvalue weighted by atomic mass is 16.2. The number of imide groups is 1. The van der Waals surface area contributed by atoms with E-state index in [0.717, 1.165) is 25.7 Å². The Bertz CT molecular complexity index is 228. The van der Waals surface area contributed by atoms with Crippen molar-refractivity contribution in [3.05, 3.63) is 13.2 Å². The fourth-order valence-electron chi connectivity index (χ4n) is 2.06. The van der Waals surface area contributed by atoms with Crippen LogP contribution in [-0.4, -0.2) is 11.8 Å². The molecule has 0 rings (SSSR count). The van der Waals surface area contributed by atoms with Crippen molar-refractivity contribution in [3.8, 4) is 0 Å². The highest BCUT2D eigenvalue weighted by molar-refractivity contribution is 5.95. The van der Waals surface area contributed by atoms with Crippen molar-refractivity contribution >= 4 is 11.8 Å². The fraction of sp³-hybridized carbons (Fsp3) is 0.778. The second-order valence-corrected chi connectivity index (χ2v) is 5.30. The first-order valence-electron chi connectivity index (χ1n) is 8.53. The first-order valence-corrected chi connectivity index (χ1v) is 8.53. The lowest BCUT2D eigenvalue weighted by Gasteiger charge is -2.04. The molecular weight excluding hydrogens is 262 g/mol. The van der Waals surface area contributed by atoms with E-state index in [1.807, 2.05) is 0 Å². The molecule has 0 radical (unpaired) electrons. The van der Waals surface area contributed by atoms with E-state index >= 15 is 0 Å². The molecule has 0 atom stereocenters. The van der Waals surface area contributed by atoms with Gasteiger partial charge in [-0.1, -0.05) is 65.2 Å². The van der Waals surface area contributed by atoms with E-state index < -0.39 is 0 Å². The van der Waals surface area contributed by atoms with Crippen LogP contribution in [0, 0.1) is 0 Å². The van der Waals surface area contributed by atoms with Gasteiger partial charge in [-0.15, -0.1) is 13.2 Å². The van der Waals surface area contributed by atoms with Gasteiger partial charge in [-0.25, -0.2) is 0 Å². The van der Waals surface area contributed by atoms with Crippen molar-refractivity contribution in [2.75, 3.05) is 0 Å². The molecule has 0 aromatic rings. The molecule has 0 heterocycles. The summed E-state index contributed by atoms with van der Waals surface area (Å²) in [5.41, 5.74) is 0. The maximum atomic E-state index is 11.5. The van der Waals surface area contributed by atoms with Gasteiger partial charge in [-0.05, 0) is 12.8 Å². The first kappa shape index (κ1) is 22.2. The number of rotatable bonds is 12. The van der Waals surface area contributed by atoms with Crippen LogP contribution in [0.25, 0.3) is 0 Å². The van der Waals surface area contributed by atoms with Gasteiger partial charge in [0.2, 0.25) is 11.8 Å². The molecule has 0 saturated carbocycles. The lowest BCUT2D eigenvalue weighted by Crippen LogP contribution is -2.29. The zero-order chi connectivity index (χ0) is 16.3. The van der Waals surface area contributed by atoms with Crippen LogP contribution in [0.15, 0.2) is 13.2 Å². The van der Waals surface area contributed by atoms with Crippen molar-refractivity contribution < 1.29 is 9.59 Å². The predicted molar refractivity (Wildman–Crippen MR) is 91.2 cm³/mol. The van der Waals surface area contributed by atoms with E-state index in [1.54, 1.807) is 0 Å². The molecule has 0 spiro atoms. The topological polar surface area (TPSA) is 46.2 Å². The average Bonchev–Trinajstić information content (AvgIpc) is 2.49. The fourth-order valence-corrected chi connectivity index (χ4v) is 2.06. The molecule has 0 saturated heterocycles. The quantitative estimate of drug-likeness (QED) is 0.400. The minimum absolute atomic E-state index is 0.102. The number of carbonyl (C=O) groups excluding carboxylic acids is 2.